The lowest BCUT2D eigenvalue weighted by atomic mass is 9.58. The van der Waals surface area contributed by atoms with Crippen LogP contribution >= 0.6 is 0 Å². The van der Waals surface area contributed by atoms with Gasteiger partial charge < -0.3 is 34.9 Å². The number of carboxylic acid groups (broad SMARTS) is 1. The van der Waals surface area contributed by atoms with Gasteiger partial charge in [-0.15, -0.1) is 0 Å². The molecule has 4 saturated heterocycles. The number of esters is 1. The maximum absolute atomic E-state index is 12.8. The number of benzene rings is 1. The largest absolute Gasteiger partial charge is 0.480 e. The Labute approximate surface area is 273 Å². The third-order valence-corrected chi connectivity index (χ3v) is 10.5. The Morgan fingerprint density at radius 1 is 1.04 bits per heavy atom. The summed E-state index contributed by atoms with van der Waals surface area (Å²) in [7, 11) is 0. The SMILES string of the molecule is C[C@@H]1[C@H](OC(=O)CCC(=O)NCCCC(=O)N[C@H](Cc2c[nH]c3ccccc23)C(=O)O)O[C@H]2O[C@@]3(C)CC[C@H]4[C@H](C)CC[C@H]1[C@]24OO3. The summed E-state index contributed by atoms with van der Waals surface area (Å²) in [4.78, 5) is 64.6. The Morgan fingerprint density at radius 2 is 1.85 bits per heavy atom. The van der Waals surface area contributed by atoms with Gasteiger partial charge in [-0.05, 0) is 56.1 Å². The van der Waals surface area contributed by atoms with Crippen molar-refractivity contribution in [3.05, 3.63) is 36.0 Å². The van der Waals surface area contributed by atoms with Crippen LogP contribution in [-0.4, -0.2) is 70.4 Å². The average Bonchev–Trinajstić information content (AvgIpc) is 3.31. The molecule has 5 heterocycles. The molecule has 0 unspecified atom stereocenters. The minimum atomic E-state index is -1.13. The number of aromatic amines is 1. The fourth-order valence-electron chi connectivity index (χ4n) is 7.96. The van der Waals surface area contributed by atoms with Crippen LogP contribution in [0.1, 0.15) is 77.7 Å². The van der Waals surface area contributed by atoms with Gasteiger partial charge in [-0.1, -0.05) is 32.0 Å². The van der Waals surface area contributed by atoms with E-state index in [9.17, 15) is 24.3 Å². The Kier molecular flexibility index (Phi) is 9.62. The molecular weight excluding hydrogens is 610 g/mol. The molecule has 13 nitrogen and oxygen atoms in total. The highest BCUT2D eigenvalue weighted by Crippen LogP contribution is 2.60. The number of hydrogen-bond acceptors (Lipinski definition) is 9. The van der Waals surface area contributed by atoms with Gasteiger partial charge in [-0.3, -0.25) is 14.4 Å². The summed E-state index contributed by atoms with van der Waals surface area (Å²) >= 11 is 0. The van der Waals surface area contributed by atoms with Gasteiger partial charge in [0.2, 0.25) is 23.9 Å². The number of carbonyl (C=O) groups excluding carboxylic acids is 3. The van der Waals surface area contributed by atoms with Gasteiger partial charge in [0, 0.05) is 61.2 Å². The van der Waals surface area contributed by atoms with Crippen molar-refractivity contribution in [2.45, 2.75) is 109 Å². The molecule has 13 heteroatoms. The van der Waals surface area contributed by atoms with Crippen molar-refractivity contribution in [2.24, 2.45) is 23.7 Å². The zero-order chi connectivity index (χ0) is 33.3. The predicted molar refractivity (Wildman–Crippen MR) is 166 cm³/mol. The summed E-state index contributed by atoms with van der Waals surface area (Å²) in [5.74, 6) is -2.91. The van der Waals surface area contributed by atoms with Gasteiger partial charge in [-0.2, -0.15) is 0 Å². The standard InChI is InChI=1S/C34H45N3O10/c1-19-10-11-24-20(2)31(44-32-34(24)23(19)14-15-33(3,45-32)46-47-34)43-29(40)13-12-27(38)35-16-6-9-28(39)37-26(30(41)42)17-21-18-36-25-8-5-4-7-22(21)25/h4-5,7-8,18-20,23-24,26,31-32,36H,6,9-17H2,1-3H3,(H,35,38)(H,37,39)(H,41,42)/t19-,20+,23+,24-,26-,31-,32+,33-,34+/m1/s1. The third kappa shape index (κ3) is 6.76. The molecule has 1 aliphatic carbocycles. The molecule has 47 heavy (non-hydrogen) atoms. The molecule has 4 aliphatic heterocycles. The van der Waals surface area contributed by atoms with Crippen LogP contribution in [0, 0.1) is 23.7 Å². The number of ether oxygens (including phenoxy) is 3. The van der Waals surface area contributed by atoms with E-state index < -0.39 is 47.9 Å². The van der Waals surface area contributed by atoms with Gasteiger partial charge >= 0.3 is 11.9 Å². The van der Waals surface area contributed by atoms with Crippen LogP contribution in [0.3, 0.4) is 0 Å². The number of aliphatic carboxylic acids is 1. The molecule has 1 spiro atoms. The summed E-state index contributed by atoms with van der Waals surface area (Å²) in [6, 6.07) is 6.47. The molecule has 256 valence electrons. The number of nitrogens with one attached hydrogen (secondary N) is 3. The van der Waals surface area contributed by atoms with Gasteiger partial charge in [0.25, 0.3) is 0 Å². The van der Waals surface area contributed by atoms with Crippen molar-refractivity contribution in [2.75, 3.05) is 6.54 Å². The van der Waals surface area contributed by atoms with Gasteiger partial charge in [0.1, 0.15) is 6.04 Å². The molecule has 4 N–H and O–H groups in total. The van der Waals surface area contributed by atoms with Crippen LogP contribution in [0.4, 0.5) is 0 Å². The number of para-hydroxylation sites is 1. The highest BCUT2D eigenvalue weighted by atomic mass is 17.3. The number of H-pyrrole nitrogens is 1. The van der Waals surface area contributed by atoms with E-state index in [4.69, 9.17) is 24.0 Å². The third-order valence-electron chi connectivity index (χ3n) is 10.5. The molecule has 1 aromatic carbocycles. The van der Waals surface area contributed by atoms with Gasteiger partial charge in [0.05, 0.1) is 6.42 Å². The molecule has 2 bridgehead atoms. The zero-order valence-corrected chi connectivity index (χ0v) is 27.1. The molecule has 7 rings (SSSR count). The van der Waals surface area contributed by atoms with Crippen LogP contribution in [-0.2, 0) is 49.6 Å². The molecule has 2 aromatic rings. The van der Waals surface area contributed by atoms with E-state index in [0.717, 1.165) is 35.7 Å². The fraction of sp³-hybridized carbons (Fsp3) is 0.647. The van der Waals surface area contributed by atoms with Gasteiger partial charge in [-0.25, -0.2) is 14.6 Å². The first-order chi connectivity index (χ1) is 22.5. The number of carboxylic acids is 1. The van der Waals surface area contributed by atoms with Crippen LogP contribution in [0.15, 0.2) is 30.5 Å². The number of amides is 2. The summed E-state index contributed by atoms with van der Waals surface area (Å²) in [5.41, 5.74) is 0.940. The lowest BCUT2D eigenvalue weighted by Gasteiger charge is -2.59. The van der Waals surface area contributed by atoms with Crippen molar-refractivity contribution in [3.8, 4) is 0 Å². The molecule has 5 aliphatic rings. The first-order valence-corrected chi connectivity index (χ1v) is 16.7. The Hall–Kier alpha value is -3.52. The summed E-state index contributed by atoms with van der Waals surface area (Å²) in [5, 5.41) is 15.9. The summed E-state index contributed by atoms with van der Waals surface area (Å²) < 4.78 is 18.3. The highest BCUT2D eigenvalue weighted by Gasteiger charge is 2.69. The number of carbonyl (C=O) groups is 4. The van der Waals surface area contributed by atoms with Crippen molar-refractivity contribution in [1.29, 1.82) is 0 Å². The number of rotatable bonds is 12. The predicted octanol–water partition coefficient (Wildman–Crippen LogP) is 3.71. The average molecular weight is 656 g/mol. The Morgan fingerprint density at radius 3 is 2.66 bits per heavy atom. The van der Waals surface area contributed by atoms with E-state index in [2.05, 4.69) is 22.5 Å². The second-order valence-corrected chi connectivity index (χ2v) is 13.7. The molecule has 5 fully saturated rings. The van der Waals surface area contributed by atoms with E-state index in [1.54, 1.807) is 6.20 Å². The normalized spacial score (nSPS) is 33.3. The number of hydrogen-bond donors (Lipinski definition) is 4. The van der Waals surface area contributed by atoms with Crippen molar-refractivity contribution in [3.63, 3.8) is 0 Å². The molecule has 2 amide bonds. The van der Waals surface area contributed by atoms with Crippen LogP contribution in [0.25, 0.3) is 10.9 Å². The second kappa shape index (κ2) is 13.5. The smallest absolute Gasteiger partial charge is 0.326 e. The summed E-state index contributed by atoms with van der Waals surface area (Å²) in [6.07, 6.45) is 3.94. The lowest BCUT2D eigenvalue weighted by molar-refractivity contribution is -0.576. The van der Waals surface area contributed by atoms with Crippen molar-refractivity contribution < 1.29 is 48.3 Å². The van der Waals surface area contributed by atoms with Crippen LogP contribution in [0.2, 0.25) is 0 Å². The first kappa shape index (κ1) is 33.4. The maximum atomic E-state index is 12.8. The van der Waals surface area contributed by atoms with Crippen LogP contribution < -0.4 is 10.6 Å². The van der Waals surface area contributed by atoms with E-state index in [-0.39, 0.29) is 55.9 Å². The minimum Gasteiger partial charge on any atom is -0.480 e. The molecule has 1 saturated carbocycles. The number of aromatic nitrogens is 1. The van der Waals surface area contributed by atoms with Crippen molar-refractivity contribution >= 4 is 34.7 Å². The first-order valence-electron chi connectivity index (χ1n) is 16.7. The summed E-state index contributed by atoms with van der Waals surface area (Å²) in [6.45, 7) is 6.26. The van der Waals surface area contributed by atoms with E-state index in [1.807, 2.05) is 38.1 Å². The molecule has 9 atom stereocenters. The maximum Gasteiger partial charge on any atom is 0.326 e. The minimum absolute atomic E-state index is 0.0164. The molecular formula is C34H45N3O10. The highest BCUT2D eigenvalue weighted by molar-refractivity contribution is 5.87. The van der Waals surface area contributed by atoms with E-state index >= 15 is 0 Å². The zero-order valence-electron chi connectivity index (χ0n) is 27.1. The Balaban J connectivity index is 0.922. The van der Waals surface area contributed by atoms with Crippen LogP contribution in [0.5, 0.6) is 0 Å². The molecule has 1 aromatic heterocycles. The second-order valence-electron chi connectivity index (χ2n) is 13.7. The lowest BCUT2D eigenvalue weighted by Crippen LogP contribution is -2.70. The van der Waals surface area contributed by atoms with Gasteiger partial charge in [0.15, 0.2) is 11.9 Å². The quantitative estimate of drug-likeness (QED) is 0.150. The van der Waals surface area contributed by atoms with E-state index in [1.165, 1.54) is 0 Å². The topological polar surface area (TPSA) is 175 Å². The van der Waals surface area contributed by atoms with Crippen molar-refractivity contribution in [1.82, 2.24) is 15.6 Å². The van der Waals surface area contributed by atoms with E-state index in [0.29, 0.717) is 18.8 Å². The fourth-order valence-corrected chi connectivity index (χ4v) is 7.96. The molecule has 0 radical (unpaired) electrons. The number of fused-ring (bicyclic) bond motifs is 3. The monoisotopic (exact) mass is 655 g/mol. The Bertz CT molecular complexity index is 1500.